The van der Waals surface area contributed by atoms with Crippen molar-refractivity contribution in [2.24, 2.45) is 0 Å². The number of halogens is 2. The molecule has 0 aliphatic heterocycles. The third kappa shape index (κ3) is 4.00. The topological polar surface area (TPSA) is 91.4 Å². The molecule has 1 atom stereocenters. The van der Waals surface area contributed by atoms with E-state index in [1.165, 1.54) is 0 Å². The summed E-state index contributed by atoms with van der Waals surface area (Å²) in [5.74, 6) is -1.29. The molecular weight excluding hydrogens is 475 g/mol. The number of ether oxygens (including phenoxy) is 1. The molecule has 4 aromatic rings. The first kappa shape index (κ1) is 22.3. The minimum Gasteiger partial charge on any atom is -0.480 e. The molecule has 5 rings (SSSR count). The molecule has 6 nitrogen and oxygen atoms in total. The molecule has 0 radical (unpaired) electrons. The molecule has 0 fully saturated rings. The average Bonchev–Trinajstić information content (AvgIpc) is 3.39. The summed E-state index contributed by atoms with van der Waals surface area (Å²) in [6.07, 6.45) is 0.889. The van der Waals surface area contributed by atoms with E-state index < -0.39 is 18.1 Å². The van der Waals surface area contributed by atoms with Crippen LogP contribution in [0, 0.1) is 0 Å². The molecule has 1 aliphatic rings. The number of rotatable bonds is 6. The summed E-state index contributed by atoms with van der Waals surface area (Å²) in [5.41, 5.74) is 5.76. The van der Waals surface area contributed by atoms with Gasteiger partial charge < -0.3 is 20.1 Å². The Kier molecular flexibility index (Phi) is 5.94. The Bertz CT molecular complexity index is 1370. The molecule has 1 unspecified atom stereocenters. The fraction of sp³-hybridized carbons (Fsp3) is 0.154. The van der Waals surface area contributed by atoms with Gasteiger partial charge in [0.05, 0.1) is 10.0 Å². The zero-order valence-electron chi connectivity index (χ0n) is 17.8. The number of aromatic nitrogens is 1. The summed E-state index contributed by atoms with van der Waals surface area (Å²) < 4.78 is 5.50. The van der Waals surface area contributed by atoms with Crippen LogP contribution >= 0.6 is 23.2 Å². The van der Waals surface area contributed by atoms with Gasteiger partial charge in [-0.2, -0.15) is 0 Å². The summed E-state index contributed by atoms with van der Waals surface area (Å²) in [6.45, 7) is 0.0979. The molecule has 1 heterocycles. The van der Waals surface area contributed by atoms with Crippen molar-refractivity contribution in [3.8, 4) is 11.1 Å². The third-order valence-corrected chi connectivity index (χ3v) is 6.98. The maximum Gasteiger partial charge on any atom is 0.407 e. The van der Waals surface area contributed by atoms with E-state index in [2.05, 4.69) is 10.3 Å². The molecule has 0 saturated carbocycles. The van der Waals surface area contributed by atoms with Crippen molar-refractivity contribution in [1.29, 1.82) is 0 Å². The van der Waals surface area contributed by atoms with Gasteiger partial charge in [0.2, 0.25) is 0 Å². The molecule has 3 N–H and O–H groups in total. The number of carboxylic acids is 1. The molecule has 1 amide bonds. The van der Waals surface area contributed by atoms with Gasteiger partial charge in [0, 0.05) is 29.4 Å². The van der Waals surface area contributed by atoms with E-state index in [-0.39, 0.29) is 18.9 Å². The van der Waals surface area contributed by atoms with E-state index in [1.807, 2.05) is 48.5 Å². The number of aromatic amines is 1. The van der Waals surface area contributed by atoms with Gasteiger partial charge in [-0.1, -0.05) is 71.7 Å². The first-order valence-electron chi connectivity index (χ1n) is 10.7. The van der Waals surface area contributed by atoms with Crippen molar-refractivity contribution < 1.29 is 19.4 Å². The lowest BCUT2D eigenvalue weighted by Gasteiger charge is -2.17. The van der Waals surface area contributed by atoms with Crippen LogP contribution in [0.2, 0.25) is 10.0 Å². The van der Waals surface area contributed by atoms with E-state index in [9.17, 15) is 14.7 Å². The smallest absolute Gasteiger partial charge is 0.407 e. The van der Waals surface area contributed by atoms with Crippen LogP contribution in [0.1, 0.15) is 22.6 Å². The fourth-order valence-electron chi connectivity index (χ4n) is 4.59. The van der Waals surface area contributed by atoms with Crippen LogP contribution in [0.15, 0.2) is 66.9 Å². The third-order valence-electron chi connectivity index (χ3n) is 6.18. The first-order chi connectivity index (χ1) is 16.4. The Balaban J connectivity index is 1.30. The monoisotopic (exact) mass is 494 g/mol. The summed E-state index contributed by atoms with van der Waals surface area (Å²) >= 11 is 12.5. The molecular formula is C26H20Cl2N2O4. The van der Waals surface area contributed by atoms with Gasteiger partial charge in [0.1, 0.15) is 12.6 Å². The van der Waals surface area contributed by atoms with Crippen LogP contribution in [-0.4, -0.2) is 34.8 Å². The Labute approximate surface area is 205 Å². The van der Waals surface area contributed by atoms with Crippen molar-refractivity contribution in [2.75, 3.05) is 6.61 Å². The molecule has 3 aromatic carbocycles. The SMILES string of the molecule is O=C(NC(Cc1c[nH]c2ccc(Cl)c(Cl)c12)C(=O)O)OCC1c2ccccc2-c2ccccc21. The summed E-state index contributed by atoms with van der Waals surface area (Å²) in [5, 5.41) is 13.5. The standard InChI is InChI=1S/C26H20Cl2N2O4/c27-20-9-10-21-23(24(20)28)14(12-29-21)11-22(25(31)32)30-26(33)34-13-19-17-7-3-1-5-15(17)16-6-2-4-8-18(16)19/h1-10,12,19,22,29H,11,13H2,(H,30,33)(H,31,32). The van der Waals surface area contributed by atoms with Crippen LogP contribution in [0.4, 0.5) is 4.79 Å². The van der Waals surface area contributed by atoms with Gasteiger partial charge in [-0.3, -0.25) is 0 Å². The Morgan fingerprint density at radius 1 is 1.00 bits per heavy atom. The number of carboxylic acid groups (broad SMARTS) is 1. The van der Waals surface area contributed by atoms with E-state index >= 15 is 0 Å². The van der Waals surface area contributed by atoms with Crippen LogP contribution in [0.3, 0.4) is 0 Å². The lowest BCUT2D eigenvalue weighted by Crippen LogP contribution is -2.42. The second-order valence-corrected chi connectivity index (χ2v) is 8.95. The summed E-state index contributed by atoms with van der Waals surface area (Å²) in [7, 11) is 0. The predicted octanol–water partition coefficient (Wildman–Crippen LogP) is 6.01. The number of fused-ring (bicyclic) bond motifs is 4. The number of hydrogen-bond donors (Lipinski definition) is 3. The summed E-state index contributed by atoms with van der Waals surface area (Å²) in [6, 6.07) is 18.2. The quantitative estimate of drug-likeness (QED) is 0.306. The zero-order chi connectivity index (χ0) is 23.8. The predicted molar refractivity (Wildman–Crippen MR) is 132 cm³/mol. The van der Waals surface area contributed by atoms with Gasteiger partial charge in [-0.25, -0.2) is 9.59 Å². The van der Waals surface area contributed by atoms with Crippen molar-refractivity contribution in [3.05, 3.63) is 93.6 Å². The zero-order valence-corrected chi connectivity index (χ0v) is 19.4. The van der Waals surface area contributed by atoms with Gasteiger partial charge in [-0.15, -0.1) is 0 Å². The number of carbonyl (C=O) groups excluding carboxylic acids is 1. The summed E-state index contributed by atoms with van der Waals surface area (Å²) in [4.78, 5) is 27.6. The normalized spacial score (nSPS) is 13.4. The van der Waals surface area contributed by atoms with Crippen LogP contribution in [0.25, 0.3) is 22.0 Å². The van der Waals surface area contributed by atoms with Crippen molar-refractivity contribution in [1.82, 2.24) is 10.3 Å². The lowest BCUT2D eigenvalue weighted by atomic mass is 9.98. The number of aliphatic carboxylic acids is 1. The number of benzene rings is 3. The van der Waals surface area contributed by atoms with Gasteiger partial charge in [0.25, 0.3) is 0 Å². The first-order valence-corrected chi connectivity index (χ1v) is 11.5. The highest BCUT2D eigenvalue weighted by Gasteiger charge is 2.30. The van der Waals surface area contributed by atoms with Crippen LogP contribution in [0.5, 0.6) is 0 Å². The van der Waals surface area contributed by atoms with E-state index in [1.54, 1.807) is 18.3 Å². The lowest BCUT2D eigenvalue weighted by molar-refractivity contribution is -0.139. The highest BCUT2D eigenvalue weighted by molar-refractivity contribution is 6.45. The molecule has 172 valence electrons. The molecule has 0 bridgehead atoms. The number of nitrogens with one attached hydrogen (secondary N) is 2. The molecule has 0 saturated heterocycles. The second kappa shape index (κ2) is 9.05. The molecule has 8 heteroatoms. The largest absolute Gasteiger partial charge is 0.480 e. The number of H-pyrrole nitrogens is 1. The second-order valence-electron chi connectivity index (χ2n) is 8.16. The maximum absolute atomic E-state index is 12.6. The molecule has 0 spiro atoms. The molecule has 1 aliphatic carbocycles. The Hall–Kier alpha value is -3.48. The molecule has 34 heavy (non-hydrogen) atoms. The average molecular weight is 495 g/mol. The van der Waals surface area contributed by atoms with E-state index in [0.29, 0.717) is 21.0 Å². The van der Waals surface area contributed by atoms with Crippen molar-refractivity contribution >= 4 is 46.2 Å². The number of amides is 1. The highest BCUT2D eigenvalue weighted by atomic mass is 35.5. The van der Waals surface area contributed by atoms with E-state index in [4.69, 9.17) is 27.9 Å². The van der Waals surface area contributed by atoms with Gasteiger partial charge in [-0.05, 0) is 39.9 Å². The molecule has 1 aromatic heterocycles. The van der Waals surface area contributed by atoms with Gasteiger partial charge in [0.15, 0.2) is 0 Å². The minimum atomic E-state index is -1.20. The highest BCUT2D eigenvalue weighted by Crippen LogP contribution is 2.44. The van der Waals surface area contributed by atoms with Crippen LogP contribution < -0.4 is 5.32 Å². The number of hydrogen-bond acceptors (Lipinski definition) is 3. The Morgan fingerprint density at radius 3 is 2.29 bits per heavy atom. The van der Waals surface area contributed by atoms with Crippen LogP contribution in [-0.2, 0) is 16.0 Å². The van der Waals surface area contributed by atoms with Crippen molar-refractivity contribution in [3.63, 3.8) is 0 Å². The van der Waals surface area contributed by atoms with Crippen molar-refractivity contribution in [2.45, 2.75) is 18.4 Å². The number of alkyl carbamates (subject to hydrolysis) is 1. The number of carbonyl (C=O) groups is 2. The Morgan fingerprint density at radius 2 is 1.65 bits per heavy atom. The minimum absolute atomic E-state index is 0.0135. The van der Waals surface area contributed by atoms with E-state index in [0.717, 1.165) is 27.8 Å². The maximum atomic E-state index is 12.6. The fourth-order valence-corrected chi connectivity index (χ4v) is 5.03. The van der Waals surface area contributed by atoms with Gasteiger partial charge >= 0.3 is 12.1 Å².